The van der Waals surface area contributed by atoms with Crippen molar-refractivity contribution in [3.05, 3.63) is 23.2 Å². The lowest BCUT2D eigenvalue weighted by Crippen LogP contribution is -2.51. The van der Waals surface area contributed by atoms with Crippen LogP contribution in [-0.4, -0.2) is 31.3 Å². The smallest absolute Gasteiger partial charge is 0.196 e. The Morgan fingerprint density at radius 2 is 2.36 bits per heavy atom. The number of rotatable bonds is 3. The average Bonchev–Trinajstić information content (AvgIpc) is 2.17. The van der Waals surface area contributed by atoms with Crippen LogP contribution in [0.15, 0.2) is 23.5 Å². The molecule has 1 saturated heterocycles. The van der Waals surface area contributed by atoms with Crippen LogP contribution < -0.4 is 4.90 Å². The van der Waals surface area contributed by atoms with E-state index in [1.165, 1.54) is 0 Å². The Balaban J connectivity index is 2.01. The summed E-state index contributed by atoms with van der Waals surface area (Å²) in [7, 11) is 1.71. The molecule has 0 saturated carbocycles. The van der Waals surface area contributed by atoms with Gasteiger partial charge >= 0.3 is 0 Å². The van der Waals surface area contributed by atoms with Gasteiger partial charge in [0.25, 0.3) is 0 Å². The average molecular weight is 193 g/mol. The summed E-state index contributed by atoms with van der Waals surface area (Å²) in [4.78, 5) is 16.1. The van der Waals surface area contributed by atoms with E-state index in [0.717, 1.165) is 18.8 Å². The molecule has 0 unspecified atom stereocenters. The molecule has 5 heteroatoms. The van der Waals surface area contributed by atoms with E-state index in [0.29, 0.717) is 6.10 Å². The molecule has 1 fully saturated rings. The van der Waals surface area contributed by atoms with Crippen molar-refractivity contribution in [1.29, 1.82) is 0 Å². The maximum Gasteiger partial charge on any atom is 0.196 e. The van der Waals surface area contributed by atoms with Crippen LogP contribution in [-0.2, 0) is 4.74 Å². The van der Waals surface area contributed by atoms with E-state index in [1.54, 1.807) is 19.4 Å². The van der Waals surface area contributed by atoms with E-state index in [9.17, 15) is 4.91 Å². The van der Waals surface area contributed by atoms with Crippen LogP contribution in [0.2, 0.25) is 0 Å². The molecule has 1 aliphatic rings. The third-order valence-electron chi connectivity index (χ3n) is 2.37. The van der Waals surface area contributed by atoms with E-state index in [2.05, 4.69) is 15.1 Å². The Labute approximate surface area is 81.7 Å². The zero-order valence-electron chi connectivity index (χ0n) is 7.88. The molecule has 2 heterocycles. The van der Waals surface area contributed by atoms with Crippen molar-refractivity contribution < 1.29 is 4.74 Å². The number of anilines is 1. The summed E-state index contributed by atoms with van der Waals surface area (Å²) in [5.41, 5.74) is 1.01. The summed E-state index contributed by atoms with van der Waals surface area (Å²) in [6.45, 7) is 1.76. The van der Waals surface area contributed by atoms with Crippen molar-refractivity contribution in [1.82, 2.24) is 4.98 Å². The van der Waals surface area contributed by atoms with Crippen molar-refractivity contribution in [3.63, 3.8) is 0 Å². The third-order valence-corrected chi connectivity index (χ3v) is 2.37. The fourth-order valence-corrected chi connectivity index (χ4v) is 1.42. The second-order valence-electron chi connectivity index (χ2n) is 3.23. The van der Waals surface area contributed by atoms with Crippen molar-refractivity contribution >= 4 is 11.5 Å². The minimum Gasteiger partial charge on any atom is -0.378 e. The summed E-state index contributed by atoms with van der Waals surface area (Å²) >= 11 is 0. The Hall–Kier alpha value is -1.49. The SMILES string of the molecule is COC1CN(c2ccc(N=O)nc2)C1. The summed E-state index contributed by atoms with van der Waals surface area (Å²) in [6, 6.07) is 3.46. The number of pyridine rings is 1. The molecule has 1 aromatic heterocycles. The van der Waals surface area contributed by atoms with Gasteiger partial charge < -0.3 is 9.64 Å². The van der Waals surface area contributed by atoms with Crippen molar-refractivity contribution in [2.24, 2.45) is 5.18 Å². The largest absolute Gasteiger partial charge is 0.378 e. The summed E-state index contributed by atoms with van der Waals surface area (Å²) in [5.74, 6) is 0.220. The fraction of sp³-hybridized carbons (Fsp3) is 0.444. The molecule has 0 aliphatic carbocycles. The van der Waals surface area contributed by atoms with E-state index in [4.69, 9.17) is 4.74 Å². The molecule has 1 aromatic rings. The van der Waals surface area contributed by atoms with Crippen LogP contribution >= 0.6 is 0 Å². The molecule has 74 valence electrons. The van der Waals surface area contributed by atoms with Gasteiger partial charge in [-0.15, -0.1) is 4.91 Å². The van der Waals surface area contributed by atoms with E-state index in [1.807, 2.05) is 6.07 Å². The normalized spacial score (nSPS) is 16.5. The van der Waals surface area contributed by atoms with Gasteiger partial charge in [-0.05, 0) is 17.3 Å². The predicted molar refractivity (Wildman–Crippen MR) is 52.7 cm³/mol. The van der Waals surface area contributed by atoms with Gasteiger partial charge in [0.1, 0.15) is 0 Å². The Bertz CT molecular complexity index is 319. The van der Waals surface area contributed by atoms with Crippen molar-refractivity contribution in [2.75, 3.05) is 25.1 Å². The van der Waals surface area contributed by atoms with Crippen LogP contribution in [0.5, 0.6) is 0 Å². The molecule has 5 nitrogen and oxygen atoms in total. The molecule has 0 spiro atoms. The first-order valence-electron chi connectivity index (χ1n) is 4.40. The first-order valence-corrected chi connectivity index (χ1v) is 4.40. The highest BCUT2D eigenvalue weighted by Crippen LogP contribution is 2.22. The second-order valence-corrected chi connectivity index (χ2v) is 3.23. The topological polar surface area (TPSA) is 54.8 Å². The predicted octanol–water partition coefficient (Wildman–Crippen LogP) is 1.31. The number of aromatic nitrogens is 1. The highest BCUT2D eigenvalue weighted by atomic mass is 16.5. The maximum absolute atomic E-state index is 10.1. The van der Waals surface area contributed by atoms with Gasteiger partial charge in [-0.2, -0.15) is 0 Å². The number of methoxy groups -OCH3 is 1. The molecule has 0 amide bonds. The zero-order chi connectivity index (χ0) is 9.97. The summed E-state index contributed by atoms with van der Waals surface area (Å²) < 4.78 is 5.15. The quantitative estimate of drug-likeness (QED) is 0.679. The lowest BCUT2D eigenvalue weighted by Gasteiger charge is -2.39. The monoisotopic (exact) mass is 193 g/mol. The molecule has 1 aliphatic heterocycles. The van der Waals surface area contributed by atoms with Crippen molar-refractivity contribution in [3.8, 4) is 0 Å². The standard InChI is InChI=1S/C9H11N3O2/c1-14-8-5-12(6-8)7-2-3-9(11-13)10-4-7/h2-4,8H,5-6H2,1H3. The molecule has 0 bridgehead atoms. The van der Waals surface area contributed by atoms with Gasteiger partial charge in [0, 0.05) is 20.2 Å². The molecular formula is C9H11N3O2. The van der Waals surface area contributed by atoms with Crippen LogP contribution in [0.4, 0.5) is 11.5 Å². The lowest BCUT2D eigenvalue weighted by atomic mass is 10.1. The second kappa shape index (κ2) is 3.71. The highest BCUT2D eigenvalue weighted by Gasteiger charge is 2.26. The minimum atomic E-state index is 0.220. The molecule has 14 heavy (non-hydrogen) atoms. The number of hydrogen-bond donors (Lipinski definition) is 0. The Morgan fingerprint density at radius 1 is 1.57 bits per heavy atom. The first kappa shape index (κ1) is 9.08. The van der Waals surface area contributed by atoms with E-state index >= 15 is 0 Å². The molecule has 0 radical (unpaired) electrons. The number of hydrogen-bond acceptors (Lipinski definition) is 5. The van der Waals surface area contributed by atoms with Gasteiger partial charge in [0.05, 0.1) is 18.0 Å². The first-order chi connectivity index (χ1) is 6.83. The zero-order valence-corrected chi connectivity index (χ0v) is 7.88. The van der Waals surface area contributed by atoms with Gasteiger partial charge in [-0.25, -0.2) is 4.98 Å². The number of nitrogens with zero attached hydrogens (tertiary/aromatic N) is 3. The third kappa shape index (κ3) is 1.58. The van der Waals surface area contributed by atoms with Gasteiger partial charge in [0.2, 0.25) is 0 Å². The van der Waals surface area contributed by atoms with E-state index in [-0.39, 0.29) is 5.82 Å². The van der Waals surface area contributed by atoms with E-state index < -0.39 is 0 Å². The summed E-state index contributed by atoms with van der Waals surface area (Å²) in [5, 5.41) is 2.74. The molecule has 0 atom stereocenters. The van der Waals surface area contributed by atoms with Crippen LogP contribution in [0, 0.1) is 4.91 Å². The maximum atomic E-state index is 10.1. The number of ether oxygens (including phenoxy) is 1. The van der Waals surface area contributed by atoms with Gasteiger partial charge in [-0.1, -0.05) is 0 Å². The van der Waals surface area contributed by atoms with Gasteiger partial charge in [0.15, 0.2) is 5.82 Å². The molecular weight excluding hydrogens is 182 g/mol. The highest BCUT2D eigenvalue weighted by molar-refractivity contribution is 5.50. The molecule has 2 rings (SSSR count). The number of nitroso groups, excluding NO2 is 1. The Morgan fingerprint density at radius 3 is 2.86 bits per heavy atom. The van der Waals surface area contributed by atoms with Crippen LogP contribution in [0.25, 0.3) is 0 Å². The minimum absolute atomic E-state index is 0.220. The van der Waals surface area contributed by atoms with Gasteiger partial charge in [-0.3, -0.25) is 0 Å². The van der Waals surface area contributed by atoms with Crippen molar-refractivity contribution in [2.45, 2.75) is 6.10 Å². The molecule has 0 aromatic carbocycles. The Kier molecular flexibility index (Phi) is 2.41. The van der Waals surface area contributed by atoms with Crippen LogP contribution in [0.1, 0.15) is 0 Å². The lowest BCUT2D eigenvalue weighted by molar-refractivity contribution is 0.0787. The molecule has 0 N–H and O–H groups in total. The fourth-order valence-electron chi connectivity index (χ4n) is 1.42. The van der Waals surface area contributed by atoms with Crippen LogP contribution in [0.3, 0.4) is 0 Å². The summed E-state index contributed by atoms with van der Waals surface area (Å²) in [6.07, 6.45) is 1.97.